The Morgan fingerprint density at radius 1 is 0.692 bits per heavy atom. The van der Waals surface area contributed by atoms with Crippen molar-refractivity contribution in [3.05, 3.63) is 102 Å². The van der Waals surface area contributed by atoms with E-state index >= 15 is 0 Å². The van der Waals surface area contributed by atoms with Gasteiger partial charge in [-0.3, -0.25) is 9.59 Å². The van der Waals surface area contributed by atoms with Crippen molar-refractivity contribution in [3.63, 3.8) is 0 Å². The maximum Gasteiger partial charge on any atom is 0.238 e. The molecule has 2 amide bonds. The Morgan fingerprint density at radius 2 is 1.15 bits per heavy atom. The lowest BCUT2D eigenvalue weighted by Crippen LogP contribution is -2.33. The monoisotopic (exact) mass is 521 g/mol. The molecule has 6 heteroatoms. The fourth-order valence-corrected chi connectivity index (χ4v) is 6.28. The van der Waals surface area contributed by atoms with E-state index in [-0.39, 0.29) is 23.7 Å². The quantitative estimate of drug-likeness (QED) is 0.272. The standard InChI is InChI=1S/C33H31NO5/c1-4-19-39-25-15-9-22(10-16-25)34-32(35)30-26-17-18-27(31(30)33(34)36)29(26)28(20-5-11-23(37-2)12-6-20)21-7-13-24(38-3)14-8-21/h5-18,26-27,30-31H,4,19H2,1-3H3/t26-,27-,30-,31-/m0/s1. The van der Waals surface area contributed by atoms with E-state index < -0.39 is 11.8 Å². The highest BCUT2D eigenvalue weighted by Gasteiger charge is 2.62. The van der Waals surface area contributed by atoms with Gasteiger partial charge in [0.1, 0.15) is 17.2 Å². The molecule has 3 aromatic rings. The number of benzene rings is 3. The predicted octanol–water partition coefficient (Wildman–Crippen LogP) is 5.92. The van der Waals surface area contributed by atoms with E-state index in [4.69, 9.17) is 14.2 Å². The molecule has 198 valence electrons. The Labute approximate surface area is 228 Å². The molecule has 0 spiro atoms. The Hall–Kier alpha value is -4.32. The van der Waals surface area contributed by atoms with Crippen LogP contribution in [0.4, 0.5) is 5.69 Å². The third-order valence-electron chi connectivity index (χ3n) is 8.03. The van der Waals surface area contributed by atoms with Crippen LogP contribution in [0.25, 0.3) is 5.57 Å². The lowest BCUT2D eigenvalue weighted by atomic mass is 9.85. The number of nitrogens with zero attached hydrogens (tertiary/aromatic N) is 1. The fraction of sp³-hybridized carbons (Fsp3) is 0.273. The van der Waals surface area contributed by atoms with Crippen molar-refractivity contribution >= 4 is 23.1 Å². The van der Waals surface area contributed by atoms with Crippen LogP contribution in [0.3, 0.4) is 0 Å². The second kappa shape index (κ2) is 10.1. The third kappa shape index (κ3) is 4.11. The molecule has 0 aromatic heterocycles. The number of rotatable bonds is 8. The summed E-state index contributed by atoms with van der Waals surface area (Å²) in [7, 11) is 3.30. The summed E-state index contributed by atoms with van der Waals surface area (Å²) in [6.45, 7) is 2.67. The van der Waals surface area contributed by atoms with Crippen LogP contribution in [0.2, 0.25) is 0 Å². The molecule has 2 bridgehead atoms. The summed E-state index contributed by atoms with van der Waals surface area (Å²) in [4.78, 5) is 29.1. The first-order chi connectivity index (χ1) is 19.0. The number of hydrogen-bond acceptors (Lipinski definition) is 5. The molecule has 4 atom stereocenters. The van der Waals surface area contributed by atoms with Gasteiger partial charge in [0.25, 0.3) is 0 Å². The molecule has 3 aromatic carbocycles. The van der Waals surface area contributed by atoms with E-state index in [9.17, 15) is 9.59 Å². The summed E-state index contributed by atoms with van der Waals surface area (Å²) < 4.78 is 16.5. The minimum absolute atomic E-state index is 0.134. The second-order valence-corrected chi connectivity index (χ2v) is 10.1. The summed E-state index contributed by atoms with van der Waals surface area (Å²) in [6.07, 6.45) is 5.14. The zero-order valence-electron chi connectivity index (χ0n) is 22.3. The van der Waals surface area contributed by atoms with Gasteiger partial charge in [0.2, 0.25) is 11.8 Å². The van der Waals surface area contributed by atoms with Gasteiger partial charge in [-0.25, -0.2) is 4.90 Å². The summed E-state index contributed by atoms with van der Waals surface area (Å²) >= 11 is 0. The van der Waals surface area contributed by atoms with E-state index in [1.807, 2.05) is 60.7 Å². The normalized spacial score (nSPS) is 22.8. The van der Waals surface area contributed by atoms with Gasteiger partial charge in [-0.1, -0.05) is 43.3 Å². The van der Waals surface area contributed by atoms with E-state index in [2.05, 4.69) is 19.1 Å². The summed E-state index contributed by atoms with van der Waals surface area (Å²) in [6, 6.07) is 23.2. The molecule has 1 heterocycles. The first-order valence-electron chi connectivity index (χ1n) is 13.4. The van der Waals surface area contributed by atoms with Crippen LogP contribution in [0.5, 0.6) is 17.2 Å². The third-order valence-corrected chi connectivity index (χ3v) is 8.03. The molecule has 6 nitrogen and oxygen atoms in total. The number of imide groups is 1. The molecule has 2 fully saturated rings. The first kappa shape index (κ1) is 25.0. The summed E-state index contributed by atoms with van der Waals surface area (Å²) in [5.74, 6) is 0.894. The van der Waals surface area contributed by atoms with Crippen molar-refractivity contribution in [1.82, 2.24) is 0 Å². The van der Waals surface area contributed by atoms with E-state index in [1.54, 1.807) is 26.4 Å². The maximum atomic E-state index is 13.8. The minimum atomic E-state index is -0.412. The first-order valence-corrected chi connectivity index (χ1v) is 13.4. The molecular formula is C33H31NO5. The van der Waals surface area contributed by atoms with E-state index in [0.717, 1.165) is 45.9 Å². The maximum absolute atomic E-state index is 13.8. The molecule has 1 saturated carbocycles. The molecule has 6 rings (SSSR count). The number of hydrogen-bond donors (Lipinski definition) is 0. The van der Waals surface area contributed by atoms with Gasteiger partial charge in [0.15, 0.2) is 0 Å². The SMILES string of the molecule is CCCOc1ccc(N2C(=O)[C@@H]3[C@@H](C2=O)[C@H]2C=C[C@H]3C2=C(c2ccc(OC)cc2)c2ccc(OC)cc2)cc1. The number of fused-ring (bicyclic) bond motifs is 5. The fourth-order valence-electron chi connectivity index (χ4n) is 6.28. The largest absolute Gasteiger partial charge is 0.497 e. The molecule has 3 aliphatic rings. The number of carbonyl (C=O) groups is 2. The van der Waals surface area contributed by atoms with Gasteiger partial charge in [0.05, 0.1) is 38.3 Å². The molecule has 0 N–H and O–H groups in total. The lowest BCUT2D eigenvalue weighted by Gasteiger charge is -2.22. The van der Waals surface area contributed by atoms with Gasteiger partial charge in [0, 0.05) is 11.8 Å². The van der Waals surface area contributed by atoms with Gasteiger partial charge in [-0.05, 0) is 77.2 Å². The number of allylic oxidation sites excluding steroid dienone is 3. The Morgan fingerprint density at radius 3 is 1.59 bits per heavy atom. The summed E-state index contributed by atoms with van der Waals surface area (Å²) in [5.41, 5.74) is 4.83. The summed E-state index contributed by atoms with van der Waals surface area (Å²) in [5, 5.41) is 0. The van der Waals surface area contributed by atoms with Gasteiger partial charge >= 0.3 is 0 Å². The average Bonchev–Trinajstić information content (AvgIpc) is 3.62. The average molecular weight is 522 g/mol. The minimum Gasteiger partial charge on any atom is -0.497 e. The molecule has 39 heavy (non-hydrogen) atoms. The van der Waals surface area contributed by atoms with Gasteiger partial charge in [-0.15, -0.1) is 0 Å². The van der Waals surface area contributed by atoms with Gasteiger partial charge in [-0.2, -0.15) is 0 Å². The molecule has 2 aliphatic carbocycles. The Kier molecular flexibility index (Phi) is 6.47. The molecule has 0 radical (unpaired) electrons. The number of ether oxygens (including phenoxy) is 3. The number of carbonyl (C=O) groups excluding carboxylic acids is 2. The zero-order chi connectivity index (χ0) is 27.1. The Bertz CT molecular complexity index is 1370. The zero-order valence-corrected chi connectivity index (χ0v) is 22.3. The number of anilines is 1. The van der Waals surface area contributed by atoms with Crippen LogP contribution in [0, 0.1) is 23.7 Å². The van der Waals surface area contributed by atoms with Crippen LogP contribution in [0.1, 0.15) is 24.5 Å². The van der Waals surface area contributed by atoms with Crippen molar-refractivity contribution in [3.8, 4) is 17.2 Å². The lowest BCUT2D eigenvalue weighted by molar-refractivity contribution is -0.122. The van der Waals surface area contributed by atoms with Gasteiger partial charge < -0.3 is 14.2 Å². The van der Waals surface area contributed by atoms with Crippen LogP contribution >= 0.6 is 0 Å². The molecular weight excluding hydrogens is 490 g/mol. The van der Waals surface area contributed by atoms with Crippen molar-refractivity contribution in [1.29, 1.82) is 0 Å². The van der Waals surface area contributed by atoms with Crippen LogP contribution in [-0.4, -0.2) is 32.6 Å². The van der Waals surface area contributed by atoms with Crippen LogP contribution < -0.4 is 19.1 Å². The van der Waals surface area contributed by atoms with Crippen molar-refractivity contribution < 1.29 is 23.8 Å². The van der Waals surface area contributed by atoms with E-state index in [1.165, 1.54) is 4.90 Å². The van der Waals surface area contributed by atoms with Crippen molar-refractivity contribution in [2.24, 2.45) is 23.7 Å². The van der Waals surface area contributed by atoms with Crippen LogP contribution in [-0.2, 0) is 9.59 Å². The van der Waals surface area contributed by atoms with Crippen LogP contribution in [0.15, 0.2) is 90.5 Å². The highest BCUT2D eigenvalue weighted by atomic mass is 16.5. The highest BCUT2D eigenvalue weighted by Crippen LogP contribution is 2.59. The Balaban J connectivity index is 1.39. The number of amides is 2. The number of methoxy groups -OCH3 is 2. The topological polar surface area (TPSA) is 65.1 Å². The molecule has 1 saturated heterocycles. The molecule has 1 aliphatic heterocycles. The second-order valence-electron chi connectivity index (χ2n) is 10.1. The van der Waals surface area contributed by atoms with Crippen molar-refractivity contribution in [2.45, 2.75) is 13.3 Å². The van der Waals surface area contributed by atoms with Crippen molar-refractivity contribution in [2.75, 3.05) is 25.7 Å². The highest BCUT2D eigenvalue weighted by molar-refractivity contribution is 6.23. The van der Waals surface area contributed by atoms with E-state index in [0.29, 0.717) is 12.3 Å². The predicted molar refractivity (Wildman–Crippen MR) is 150 cm³/mol. The smallest absolute Gasteiger partial charge is 0.238 e. The molecule has 0 unspecified atom stereocenters.